The topological polar surface area (TPSA) is 82.8 Å². The van der Waals surface area contributed by atoms with Crippen LogP contribution in [0.15, 0.2) is 47.0 Å². The van der Waals surface area contributed by atoms with Gasteiger partial charge in [-0.3, -0.25) is 4.79 Å². The molecule has 28 heavy (non-hydrogen) atoms. The Bertz CT molecular complexity index is 1010. The minimum absolute atomic E-state index is 0.0699. The molecular formula is C21H20N2O5. The number of aromatic nitrogens is 1. The molecule has 1 aliphatic rings. The average molecular weight is 380 g/mol. The van der Waals surface area contributed by atoms with Crippen molar-refractivity contribution in [2.45, 2.75) is 20.5 Å². The van der Waals surface area contributed by atoms with Crippen molar-refractivity contribution in [3.05, 3.63) is 59.3 Å². The molecule has 144 valence electrons. The lowest BCUT2D eigenvalue weighted by molar-refractivity contribution is -0.121. The molecule has 0 bridgehead atoms. The maximum atomic E-state index is 12.1. The van der Waals surface area contributed by atoms with Gasteiger partial charge < -0.3 is 24.1 Å². The van der Waals surface area contributed by atoms with Crippen LogP contribution < -0.4 is 14.8 Å². The van der Waals surface area contributed by atoms with Crippen LogP contribution in [0, 0.1) is 13.8 Å². The number of benzene rings is 2. The summed E-state index contributed by atoms with van der Waals surface area (Å²) in [5, 5.41) is 6.83. The third kappa shape index (κ3) is 3.99. The van der Waals surface area contributed by atoms with E-state index < -0.39 is 0 Å². The normalized spacial score (nSPS) is 12.2. The van der Waals surface area contributed by atoms with Crippen LogP contribution in [0.3, 0.4) is 0 Å². The standard InChI is InChI=1S/C21H20N2O5/c1-13-3-5-17(14(2)7-13)22-21(24)11-25-10-16-9-19(28-23-16)15-4-6-18-20(8-15)27-12-26-18/h3-9H,10-12H2,1-2H3,(H,22,24). The molecule has 7 heteroatoms. The molecule has 1 N–H and O–H groups in total. The number of amides is 1. The summed E-state index contributed by atoms with van der Waals surface area (Å²) in [6.45, 7) is 4.29. The largest absolute Gasteiger partial charge is 0.454 e. The third-order valence-electron chi connectivity index (χ3n) is 4.36. The molecule has 1 aliphatic heterocycles. The van der Waals surface area contributed by atoms with Gasteiger partial charge in [0.15, 0.2) is 17.3 Å². The van der Waals surface area contributed by atoms with Crippen molar-refractivity contribution in [2.24, 2.45) is 0 Å². The van der Waals surface area contributed by atoms with E-state index in [4.69, 9.17) is 18.7 Å². The molecular weight excluding hydrogens is 360 g/mol. The molecule has 0 spiro atoms. The number of carbonyl (C=O) groups is 1. The Morgan fingerprint density at radius 3 is 2.82 bits per heavy atom. The van der Waals surface area contributed by atoms with Crippen LogP contribution >= 0.6 is 0 Å². The van der Waals surface area contributed by atoms with Gasteiger partial charge in [0.05, 0.1) is 6.61 Å². The lowest BCUT2D eigenvalue weighted by Gasteiger charge is -2.09. The Balaban J connectivity index is 1.30. The van der Waals surface area contributed by atoms with Gasteiger partial charge in [0.2, 0.25) is 12.7 Å². The number of hydrogen-bond acceptors (Lipinski definition) is 6. The van der Waals surface area contributed by atoms with Gasteiger partial charge in [0, 0.05) is 17.3 Å². The molecule has 0 fully saturated rings. The summed E-state index contributed by atoms with van der Waals surface area (Å²) >= 11 is 0. The number of nitrogens with one attached hydrogen (secondary N) is 1. The van der Waals surface area contributed by atoms with Gasteiger partial charge in [-0.15, -0.1) is 0 Å². The third-order valence-corrected chi connectivity index (χ3v) is 4.36. The van der Waals surface area contributed by atoms with E-state index in [2.05, 4.69) is 10.5 Å². The zero-order valence-electron chi connectivity index (χ0n) is 15.7. The van der Waals surface area contributed by atoms with Gasteiger partial charge in [0.25, 0.3) is 0 Å². The Morgan fingerprint density at radius 2 is 1.96 bits per heavy atom. The van der Waals surface area contributed by atoms with Crippen LogP contribution in [0.1, 0.15) is 16.8 Å². The SMILES string of the molecule is Cc1ccc(NC(=O)COCc2cc(-c3ccc4c(c3)OCO4)on2)c(C)c1. The number of nitrogens with zero attached hydrogens (tertiary/aromatic N) is 1. The number of fused-ring (bicyclic) bond motifs is 1. The van der Waals surface area contributed by atoms with Crippen LogP contribution in [0.5, 0.6) is 11.5 Å². The van der Waals surface area contributed by atoms with Crippen LogP contribution in [0.2, 0.25) is 0 Å². The van der Waals surface area contributed by atoms with Crippen molar-refractivity contribution in [3.63, 3.8) is 0 Å². The van der Waals surface area contributed by atoms with Gasteiger partial charge in [-0.1, -0.05) is 22.9 Å². The molecule has 0 atom stereocenters. The maximum absolute atomic E-state index is 12.1. The fourth-order valence-corrected chi connectivity index (χ4v) is 2.95. The van der Waals surface area contributed by atoms with E-state index in [9.17, 15) is 4.79 Å². The van der Waals surface area contributed by atoms with E-state index in [0.29, 0.717) is 23.0 Å². The molecule has 2 heterocycles. The zero-order valence-corrected chi connectivity index (χ0v) is 15.7. The Kier molecular flexibility index (Phi) is 4.99. The van der Waals surface area contributed by atoms with E-state index in [-0.39, 0.29) is 25.9 Å². The number of carbonyl (C=O) groups excluding carboxylic acids is 1. The van der Waals surface area contributed by atoms with Crippen molar-refractivity contribution < 1.29 is 23.5 Å². The van der Waals surface area contributed by atoms with Crippen molar-refractivity contribution in [1.82, 2.24) is 5.16 Å². The first-order valence-electron chi connectivity index (χ1n) is 8.89. The lowest BCUT2D eigenvalue weighted by Crippen LogP contribution is -2.18. The second kappa shape index (κ2) is 7.74. The maximum Gasteiger partial charge on any atom is 0.250 e. The molecule has 0 saturated heterocycles. The minimum atomic E-state index is -0.216. The van der Waals surface area contributed by atoms with E-state index in [1.165, 1.54) is 0 Å². The number of anilines is 1. The Labute approximate surface area is 162 Å². The highest BCUT2D eigenvalue weighted by atomic mass is 16.7. The number of hydrogen-bond donors (Lipinski definition) is 1. The van der Waals surface area contributed by atoms with Crippen LogP contribution in [-0.4, -0.2) is 24.5 Å². The van der Waals surface area contributed by atoms with Crippen LogP contribution in [-0.2, 0) is 16.1 Å². The Morgan fingerprint density at radius 1 is 1.11 bits per heavy atom. The van der Waals surface area contributed by atoms with Crippen molar-refractivity contribution in [1.29, 1.82) is 0 Å². The van der Waals surface area contributed by atoms with Gasteiger partial charge in [-0.05, 0) is 43.7 Å². The quantitative estimate of drug-likeness (QED) is 0.700. The zero-order chi connectivity index (χ0) is 19.5. The fourth-order valence-electron chi connectivity index (χ4n) is 2.95. The van der Waals surface area contributed by atoms with Gasteiger partial charge in [-0.25, -0.2) is 0 Å². The van der Waals surface area contributed by atoms with Crippen LogP contribution in [0.25, 0.3) is 11.3 Å². The predicted octanol–water partition coefficient (Wildman–Crippen LogP) is 3.84. The van der Waals surface area contributed by atoms with Crippen LogP contribution in [0.4, 0.5) is 5.69 Å². The highest BCUT2D eigenvalue weighted by molar-refractivity contribution is 5.92. The minimum Gasteiger partial charge on any atom is -0.454 e. The second-order valence-corrected chi connectivity index (χ2v) is 6.61. The van der Waals surface area contributed by atoms with Gasteiger partial charge in [0.1, 0.15) is 12.3 Å². The van der Waals surface area contributed by atoms with E-state index >= 15 is 0 Å². The molecule has 2 aromatic carbocycles. The summed E-state index contributed by atoms with van der Waals surface area (Å²) in [6, 6.07) is 13.2. The number of rotatable bonds is 6. The molecule has 1 amide bonds. The molecule has 0 unspecified atom stereocenters. The highest BCUT2D eigenvalue weighted by Crippen LogP contribution is 2.36. The first-order valence-corrected chi connectivity index (χ1v) is 8.89. The molecule has 1 aromatic heterocycles. The first kappa shape index (κ1) is 18.1. The van der Waals surface area contributed by atoms with Gasteiger partial charge >= 0.3 is 0 Å². The second-order valence-electron chi connectivity index (χ2n) is 6.61. The Hall–Kier alpha value is -3.32. The first-order chi connectivity index (χ1) is 13.6. The fraction of sp³-hybridized carbons (Fsp3) is 0.238. The summed E-state index contributed by atoms with van der Waals surface area (Å²) in [5.41, 5.74) is 4.38. The summed E-state index contributed by atoms with van der Waals surface area (Å²) in [4.78, 5) is 12.1. The number of aryl methyl sites for hydroxylation is 2. The predicted molar refractivity (Wildman–Crippen MR) is 102 cm³/mol. The summed E-state index contributed by atoms with van der Waals surface area (Å²) in [7, 11) is 0. The van der Waals surface area contributed by atoms with E-state index in [1.54, 1.807) is 6.07 Å². The van der Waals surface area contributed by atoms with Crippen molar-refractivity contribution >= 4 is 11.6 Å². The lowest BCUT2D eigenvalue weighted by atomic mass is 10.1. The summed E-state index contributed by atoms with van der Waals surface area (Å²) < 4.78 is 21.5. The van der Waals surface area contributed by atoms with E-state index in [0.717, 1.165) is 22.4 Å². The smallest absolute Gasteiger partial charge is 0.250 e. The highest BCUT2D eigenvalue weighted by Gasteiger charge is 2.16. The average Bonchev–Trinajstić information content (AvgIpc) is 3.32. The van der Waals surface area contributed by atoms with Gasteiger partial charge in [-0.2, -0.15) is 0 Å². The summed E-state index contributed by atoms with van der Waals surface area (Å²) in [5.74, 6) is 1.76. The molecule has 0 aliphatic carbocycles. The van der Waals surface area contributed by atoms with E-state index in [1.807, 2.05) is 50.2 Å². The molecule has 4 rings (SSSR count). The monoisotopic (exact) mass is 380 g/mol. The molecule has 0 saturated carbocycles. The molecule has 7 nitrogen and oxygen atoms in total. The van der Waals surface area contributed by atoms with Crippen molar-refractivity contribution in [2.75, 3.05) is 18.7 Å². The van der Waals surface area contributed by atoms with Crippen molar-refractivity contribution in [3.8, 4) is 22.8 Å². The molecule has 0 radical (unpaired) electrons. The molecule has 3 aromatic rings. The number of ether oxygens (including phenoxy) is 3. The summed E-state index contributed by atoms with van der Waals surface area (Å²) in [6.07, 6.45) is 0.